The largest absolute Gasteiger partial charge is 0.486 e. The van der Waals surface area contributed by atoms with Gasteiger partial charge in [-0.3, -0.25) is 5.32 Å². The van der Waals surface area contributed by atoms with E-state index in [1.165, 1.54) is 6.07 Å². The summed E-state index contributed by atoms with van der Waals surface area (Å²) in [5.74, 6) is 0.534. The number of hydrogen-bond acceptors (Lipinski definition) is 5. The van der Waals surface area contributed by atoms with Gasteiger partial charge in [-0.25, -0.2) is 4.79 Å². The van der Waals surface area contributed by atoms with E-state index in [-0.39, 0.29) is 17.8 Å². The number of carbonyl (C=O) groups is 1. The smallest absolute Gasteiger partial charge is 0.427 e. The molecule has 154 valence electrons. The van der Waals surface area contributed by atoms with Gasteiger partial charge in [-0.1, -0.05) is 0 Å². The van der Waals surface area contributed by atoms with Gasteiger partial charge >= 0.3 is 12.3 Å². The summed E-state index contributed by atoms with van der Waals surface area (Å²) in [5.41, 5.74) is -2.30. The summed E-state index contributed by atoms with van der Waals surface area (Å²) < 4.78 is 48.9. The lowest BCUT2D eigenvalue weighted by Gasteiger charge is -2.35. The van der Waals surface area contributed by atoms with E-state index in [4.69, 9.17) is 4.74 Å². The minimum atomic E-state index is -4.68. The Bertz CT molecular complexity index is 785. The monoisotopic (exact) mass is 399 g/mol. The lowest BCUT2D eigenvalue weighted by Crippen LogP contribution is -2.44. The van der Waals surface area contributed by atoms with E-state index in [0.29, 0.717) is 17.9 Å². The van der Waals surface area contributed by atoms with Crippen molar-refractivity contribution in [1.82, 2.24) is 0 Å². The van der Waals surface area contributed by atoms with Crippen LogP contribution in [0, 0.1) is 16.7 Å². The van der Waals surface area contributed by atoms with Crippen LogP contribution in [0.2, 0.25) is 0 Å². The first-order valence-electron chi connectivity index (χ1n) is 8.79. The summed E-state index contributed by atoms with van der Waals surface area (Å²) >= 11 is 0. The minimum absolute atomic E-state index is 0.105. The van der Waals surface area contributed by atoms with Crippen molar-refractivity contribution in [3.8, 4) is 11.8 Å². The quantitative estimate of drug-likeness (QED) is 0.738. The van der Waals surface area contributed by atoms with Gasteiger partial charge < -0.3 is 14.8 Å². The van der Waals surface area contributed by atoms with Gasteiger partial charge in [0.15, 0.2) is 0 Å². The third kappa shape index (κ3) is 5.00. The Balaban J connectivity index is 2.08. The van der Waals surface area contributed by atoms with Gasteiger partial charge in [-0.05, 0) is 52.8 Å². The van der Waals surface area contributed by atoms with Crippen LogP contribution in [0.3, 0.4) is 0 Å². The van der Waals surface area contributed by atoms with Crippen LogP contribution >= 0.6 is 0 Å². The van der Waals surface area contributed by atoms with Crippen LogP contribution in [0.15, 0.2) is 18.2 Å². The van der Waals surface area contributed by atoms with Gasteiger partial charge in [-0.15, -0.1) is 0 Å². The highest BCUT2D eigenvalue weighted by Gasteiger charge is 2.51. The van der Waals surface area contributed by atoms with E-state index < -0.39 is 23.3 Å². The van der Waals surface area contributed by atoms with E-state index in [2.05, 4.69) is 21.4 Å². The second-order valence-electron chi connectivity index (χ2n) is 8.02. The van der Waals surface area contributed by atoms with Crippen molar-refractivity contribution in [1.29, 1.82) is 5.26 Å². The van der Waals surface area contributed by atoms with E-state index in [1.54, 1.807) is 12.1 Å². The Labute approximate surface area is 162 Å². The van der Waals surface area contributed by atoms with Crippen LogP contribution in [-0.2, 0) is 4.74 Å². The highest BCUT2D eigenvalue weighted by atomic mass is 19.4. The zero-order chi connectivity index (χ0) is 21.3. The molecule has 1 amide bonds. The second kappa shape index (κ2) is 7.41. The molecule has 1 aliphatic rings. The summed E-state index contributed by atoms with van der Waals surface area (Å²) in [7, 11) is 0. The van der Waals surface area contributed by atoms with E-state index in [9.17, 15) is 23.2 Å². The van der Waals surface area contributed by atoms with Crippen LogP contribution in [0.25, 0.3) is 0 Å². The number of hydrogen-bond donors (Lipinski definition) is 2. The van der Waals surface area contributed by atoms with Gasteiger partial charge in [-0.2, -0.15) is 18.4 Å². The predicted molar refractivity (Wildman–Crippen MR) is 98.2 cm³/mol. The third-order valence-corrected chi connectivity index (χ3v) is 4.49. The van der Waals surface area contributed by atoms with Crippen molar-refractivity contribution >= 4 is 17.5 Å². The molecule has 1 aliphatic heterocycles. The summed E-state index contributed by atoms with van der Waals surface area (Å²) in [6, 6.07) is 6.80. The molecule has 2 unspecified atom stereocenters. The van der Waals surface area contributed by atoms with Crippen molar-refractivity contribution < 1.29 is 27.4 Å². The molecule has 1 aromatic rings. The fraction of sp³-hybridized carbons (Fsp3) is 0.579. The molecule has 1 aromatic carbocycles. The molecule has 0 spiro atoms. The summed E-state index contributed by atoms with van der Waals surface area (Å²) in [5, 5.41) is 14.7. The number of nitrogens with zero attached hydrogens (tertiary/aromatic N) is 1. The number of rotatable bonds is 4. The molecule has 0 bridgehead atoms. The number of fused-ring (bicyclic) bond motifs is 1. The highest BCUT2D eigenvalue weighted by molar-refractivity contribution is 5.86. The molecular formula is C19H24F3N3O3. The molecule has 6 nitrogen and oxygen atoms in total. The molecule has 2 rings (SSSR count). The Kier molecular flexibility index (Phi) is 5.74. The third-order valence-electron chi connectivity index (χ3n) is 4.49. The molecule has 2 atom stereocenters. The molecule has 28 heavy (non-hydrogen) atoms. The van der Waals surface area contributed by atoms with Gasteiger partial charge in [0, 0.05) is 12.1 Å². The van der Waals surface area contributed by atoms with Crippen LogP contribution in [-0.4, -0.2) is 30.0 Å². The van der Waals surface area contributed by atoms with Crippen LogP contribution < -0.4 is 15.4 Å². The first kappa shape index (κ1) is 21.7. The number of ether oxygens (including phenoxy) is 2. The topological polar surface area (TPSA) is 83.4 Å². The normalized spacial score (nSPS) is 19.5. The minimum Gasteiger partial charge on any atom is -0.486 e. The Morgan fingerprint density at radius 1 is 1.32 bits per heavy atom. The zero-order valence-corrected chi connectivity index (χ0v) is 16.4. The molecular weight excluding hydrogens is 375 g/mol. The number of alkyl halides is 3. The predicted octanol–water partition coefficient (Wildman–Crippen LogP) is 5.08. The number of benzene rings is 1. The van der Waals surface area contributed by atoms with Crippen molar-refractivity contribution in [2.45, 2.75) is 65.0 Å². The number of nitrogens with one attached hydrogen (secondary N) is 2. The summed E-state index contributed by atoms with van der Waals surface area (Å²) in [6.07, 6.45) is -5.59. The molecule has 0 radical (unpaired) electrons. The van der Waals surface area contributed by atoms with Crippen LogP contribution in [0.1, 0.15) is 41.0 Å². The Morgan fingerprint density at radius 2 is 1.96 bits per heavy atom. The maximum Gasteiger partial charge on any atom is 0.427 e. The number of carbonyl (C=O) groups excluding carboxylic acids is 1. The van der Waals surface area contributed by atoms with Crippen molar-refractivity contribution in [3.63, 3.8) is 0 Å². The molecule has 0 saturated heterocycles. The number of halogens is 3. The fourth-order valence-corrected chi connectivity index (χ4v) is 2.63. The van der Waals surface area contributed by atoms with E-state index in [1.807, 2.05) is 20.8 Å². The van der Waals surface area contributed by atoms with Crippen molar-refractivity contribution in [2.75, 3.05) is 10.6 Å². The fourth-order valence-electron chi connectivity index (χ4n) is 2.63. The Morgan fingerprint density at radius 3 is 2.54 bits per heavy atom. The first-order chi connectivity index (χ1) is 12.7. The Hall–Kier alpha value is -2.63. The lowest BCUT2D eigenvalue weighted by molar-refractivity contribution is -0.242. The van der Waals surface area contributed by atoms with E-state index >= 15 is 0 Å². The second-order valence-corrected chi connectivity index (χ2v) is 8.02. The molecule has 1 heterocycles. The summed E-state index contributed by atoms with van der Waals surface area (Å²) in [6.45, 7) is 7.12. The SMILES string of the molecule is CC1Nc2cc(NC(=O)OC(C)(C)C(F)(F)F)ccc2OC1CC(C)(C)C#N. The lowest BCUT2D eigenvalue weighted by atomic mass is 9.86. The van der Waals surface area contributed by atoms with Crippen LogP contribution in [0.4, 0.5) is 29.3 Å². The molecule has 0 fully saturated rings. The first-order valence-corrected chi connectivity index (χ1v) is 8.79. The highest BCUT2D eigenvalue weighted by Crippen LogP contribution is 2.37. The molecule has 0 aliphatic carbocycles. The summed E-state index contributed by atoms with van der Waals surface area (Å²) in [4.78, 5) is 11.8. The van der Waals surface area contributed by atoms with Gasteiger partial charge in [0.25, 0.3) is 0 Å². The zero-order valence-electron chi connectivity index (χ0n) is 16.4. The van der Waals surface area contributed by atoms with Gasteiger partial charge in [0.05, 0.1) is 23.2 Å². The van der Waals surface area contributed by atoms with E-state index in [0.717, 1.165) is 13.8 Å². The van der Waals surface area contributed by atoms with Gasteiger partial charge in [0.1, 0.15) is 11.9 Å². The van der Waals surface area contributed by atoms with Gasteiger partial charge in [0.2, 0.25) is 5.60 Å². The molecule has 0 aromatic heterocycles. The maximum absolute atomic E-state index is 12.8. The average molecular weight is 399 g/mol. The molecule has 2 N–H and O–H groups in total. The molecule has 0 saturated carbocycles. The van der Waals surface area contributed by atoms with Crippen LogP contribution in [0.5, 0.6) is 5.75 Å². The standard InChI is InChI=1S/C19H24F3N3O3/c1-11-15(9-17(2,3)10-23)27-14-7-6-12(8-13(14)24-11)25-16(26)28-18(4,5)19(20,21)22/h6-8,11,15,24H,9H2,1-5H3,(H,25,26). The number of nitriles is 1. The number of anilines is 2. The van der Waals surface area contributed by atoms with Crippen molar-refractivity contribution in [3.05, 3.63) is 18.2 Å². The maximum atomic E-state index is 12.8. The van der Waals surface area contributed by atoms with Crippen molar-refractivity contribution in [2.24, 2.45) is 5.41 Å². The molecule has 9 heteroatoms. The average Bonchev–Trinajstić information content (AvgIpc) is 2.54. The number of amides is 1.